The Bertz CT molecular complexity index is 771. The third-order valence-corrected chi connectivity index (χ3v) is 3.59. The molecule has 0 atom stereocenters. The summed E-state index contributed by atoms with van der Waals surface area (Å²) in [4.78, 5) is 13.9. The van der Waals surface area contributed by atoms with Crippen LogP contribution >= 0.6 is 11.6 Å². The summed E-state index contributed by atoms with van der Waals surface area (Å²) in [6.07, 6.45) is 10.4. The van der Waals surface area contributed by atoms with Crippen molar-refractivity contribution in [3.63, 3.8) is 0 Å². The molecule has 0 unspecified atom stereocenters. The van der Waals surface area contributed by atoms with Gasteiger partial charge in [-0.1, -0.05) is 60.2 Å². The van der Waals surface area contributed by atoms with E-state index in [1.54, 1.807) is 12.2 Å². The van der Waals surface area contributed by atoms with Gasteiger partial charge in [-0.05, 0) is 47.5 Å². The predicted octanol–water partition coefficient (Wildman–Crippen LogP) is 5.26. The van der Waals surface area contributed by atoms with Gasteiger partial charge in [0.05, 0.1) is 0 Å². The number of hydrogen-bond donors (Lipinski definition) is 0. The minimum Gasteiger partial charge on any atom is -0.378 e. The maximum Gasteiger partial charge on any atom is 0.178 e. The first-order valence-electron chi connectivity index (χ1n) is 7.64. The normalized spacial score (nSPS) is 11.6. The summed E-state index contributed by atoms with van der Waals surface area (Å²) < 4.78 is 0. The summed E-state index contributed by atoms with van der Waals surface area (Å²) in [5.41, 5.74) is 3.12. The quantitative estimate of drug-likeness (QED) is 0.529. The molecule has 0 saturated carbocycles. The third-order valence-electron chi connectivity index (χ3n) is 3.36. The molecule has 2 aromatic rings. The Hall–Kier alpha value is -2.58. The van der Waals surface area contributed by atoms with Crippen molar-refractivity contribution in [3.05, 3.63) is 89.0 Å². The SMILES string of the molecule is CN(C)c1ccc(/C=C/C(=O)/C=C/C=C/c2cccc(Cl)c2)cc1. The predicted molar refractivity (Wildman–Crippen MR) is 104 cm³/mol. The smallest absolute Gasteiger partial charge is 0.178 e. The third kappa shape index (κ3) is 5.90. The summed E-state index contributed by atoms with van der Waals surface area (Å²) >= 11 is 5.92. The number of benzene rings is 2. The van der Waals surface area contributed by atoms with E-state index in [9.17, 15) is 4.79 Å². The van der Waals surface area contributed by atoms with Crippen molar-refractivity contribution in [2.75, 3.05) is 19.0 Å². The van der Waals surface area contributed by atoms with Crippen molar-refractivity contribution in [1.82, 2.24) is 0 Å². The molecule has 2 rings (SSSR count). The van der Waals surface area contributed by atoms with Crippen LogP contribution in [0.25, 0.3) is 12.2 Å². The molecular weight excluding hydrogens is 318 g/mol. The molecule has 0 spiro atoms. The van der Waals surface area contributed by atoms with Gasteiger partial charge in [0.25, 0.3) is 0 Å². The number of carbonyl (C=O) groups is 1. The van der Waals surface area contributed by atoms with Crippen LogP contribution in [0, 0.1) is 0 Å². The van der Waals surface area contributed by atoms with Crippen LogP contribution in [0.3, 0.4) is 0 Å². The highest BCUT2D eigenvalue weighted by molar-refractivity contribution is 6.30. The molecule has 0 bridgehead atoms. The summed E-state index contributed by atoms with van der Waals surface area (Å²) in [7, 11) is 3.99. The second-order valence-electron chi connectivity index (χ2n) is 5.49. The Labute approximate surface area is 148 Å². The second-order valence-corrected chi connectivity index (χ2v) is 5.93. The van der Waals surface area contributed by atoms with Gasteiger partial charge in [-0.3, -0.25) is 4.79 Å². The lowest BCUT2D eigenvalue weighted by atomic mass is 10.1. The zero-order valence-electron chi connectivity index (χ0n) is 13.8. The Morgan fingerprint density at radius 3 is 2.33 bits per heavy atom. The van der Waals surface area contributed by atoms with Crippen molar-refractivity contribution in [3.8, 4) is 0 Å². The van der Waals surface area contributed by atoms with E-state index in [1.165, 1.54) is 6.08 Å². The first-order chi connectivity index (χ1) is 11.5. The first-order valence-corrected chi connectivity index (χ1v) is 8.02. The van der Waals surface area contributed by atoms with Gasteiger partial charge < -0.3 is 4.90 Å². The average molecular weight is 338 g/mol. The molecule has 0 saturated heterocycles. The van der Waals surface area contributed by atoms with Gasteiger partial charge in [-0.25, -0.2) is 0 Å². The van der Waals surface area contributed by atoms with Crippen LogP contribution in [0.2, 0.25) is 5.02 Å². The fourth-order valence-electron chi connectivity index (χ4n) is 2.04. The van der Waals surface area contributed by atoms with Crippen LogP contribution < -0.4 is 4.90 Å². The molecule has 0 radical (unpaired) electrons. The molecule has 0 amide bonds. The van der Waals surface area contributed by atoms with Crippen LogP contribution in [-0.4, -0.2) is 19.9 Å². The van der Waals surface area contributed by atoms with Crippen LogP contribution in [0.15, 0.2) is 72.8 Å². The van der Waals surface area contributed by atoms with Crippen LogP contribution in [-0.2, 0) is 4.79 Å². The summed E-state index contributed by atoms with van der Waals surface area (Å²) in [6, 6.07) is 15.6. The largest absolute Gasteiger partial charge is 0.378 e. The molecule has 0 N–H and O–H groups in total. The molecule has 0 aromatic heterocycles. The lowest BCUT2D eigenvalue weighted by Crippen LogP contribution is -2.07. The van der Waals surface area contributed by atoms with Gasteiger partial charge in [0.2, 0.25) is 0 Å². The van der Waals surface area contributed by atoms with Gasteiger partial charge in [0.1, 0.15) is 0 Å². The van der Waals surface area contributed by atoms with E-state index in [0.29, 0.717) is 5.02 Å². The molecule has 2 nitrogen and oxygen atoms in total. The van der Waals surface area contributed by atoms with E-state index in [1.807, 2.05) is 85.8 Å². The molecule has 122 valence electrons. The highest BCUT2D eigenvalue weighted by Crippen LogP contribution is 2.13. The Morgan fingerprint density at radius 1 is 0.917 bits per heavy atom. The highest BCUT2D eigenvalue weighted by Gasteiger charge is 1.94. The van der Waals surface area contributed by atoms with Gasteiger partial charge in [-0.15, -0.1) is 0 Å². The monoisotopic (exact) mass is 337 g/mol. The maximum atomic E-state index is 11.8. The second kappa shape index (κ2) is 8.90. The summed E-state index contributed by atoms with van der Waals surface area (Å²) in [5.74, 6) is -0.0533. The average Bonchev–Trinajstić information content (AvgIpc) is 2.57. The van der Waals surface area contributed by atoms with Crippen LogP contribution in [0.5, 0.6) is 0 Å². The molecule has 2 aromatic carbocycles. The van der Waals surface area contributed by atoms with E-state index in [4.69, 9.17) is 11.6 Å². The minimum absolute atomic E-state index is 0.0533. The van der Waals surface area contributed by atoms with Crippen LogP contribution in [0.4, 0.5) is 5.69 Å². The van der Waals surface area contributed by atoms with Crippen molar-refractivity contribution in [2.24, 2.45) is 0 Å². The van der Waals surface area contributed by atoms with E-state index in [0.717, 1.165) is 16.8 Å². The number of halogens is 1. The van der Waals surface area contributed by atoms with Crippen molar-refractivity contribution in [2.45, 2.75) is 0 Å². The number of nitrogens with zero attached hydrogens (tertiary/aromatic N) is 1. The number of anilines is 1. The number of hydrogen-bond acceptors (Lipinski definition) is 2. The molecule has 0 aliphatic heterocycles. The molecule has 0 fully saturated rings. The zero-order valence-corrected chi connectivity index (χ0v) is 14.6. The Morgan fingerprint density at radius 2 is 1.67 bits per heavy atom. The maximum absolute atomic E-state index is 11.8. The van der Waals surface area contributed by atoms with E-state index < -0.39 is 0 Å². The Balaban J connectivity index is 1.90. The molecule has 24 heavy (non-hydrogen) atoms. The number of allylic oxidation sites excluding steroid dienone is 4. The topological polar surface area (TPSA) is 20.3 Å². The summed E-state index contributed by atoms with van der Waals surface area (Å²) in [6.45, 7) is 0. The number of ketones is 1. The van der Waals surface area contributed by atoms with E-state index in [-0.39, 0.29) is 5.78 Å². The fraction of sp³-hybridized carbons (Fsp3) is 0.0952. The van der Waals surface area contributed by atoms with Crippen LogP contribution in [0.1, 0.15) is 11.1 Å². The number of carbonyl (C=O) groups excluding carboxylic acids is 1. The van der Waals surface area contributed by atoms with Gasteiger partial charge in [0.15, 0.2) is 5.78 Å². The van der Waals surface area contributed by atoms with E-state index in [2.05, 4.69) is 0 Å². The fourth-order valence-corrected chi connectivity index (χ4v) is 2.24. The van der Waals surface area contributed by atoms with Gasteiger partial charge in [-0.2, -0.15) is 0 Å². The molecule has 0 aliphatic rings. The molecule has 0 aliphatic carbocycles. The van der Waals surface area contributed by atoms with E-state index >= 15 is 0 Å². The highest BCUT2D eigenvalue weighted by atomic mass is 35.5. The van der Waals surface area contributed by atoms with Gasteiger partial charge >= 0.3 is 0 Å². The lowest BCUT2D eigenvalue weighted by molar-refractivity contribution is -0.110. The van der Waals surface area contributed by atoms with Crippen molar-refractivity contribution < 1.29 is 4.79 Å². The molecule has 3 heteroatoms. The lowest BCUT2D eigenvalue weighted by Gasteiger charge is -2.11. The first kappa shape index (κ1) is 17.8. The minimum atomic E-state index is -0.0533. The summed E-state index contributed by atoms with van der Waals surface area (Å²) in [5, 5.41) is 0.695. The van der Waals surface area contributed by atoms with Crippen molar-refractivity contribution >= 4 is 35.2 Å². The molecular formula is C21H20ClNO. The van der Waals surface area contributed by atoms with Crippen molar-refractivity contribution in [1.29, 1.82) is 0 Å². The van der Waals surface area contributed by atoms with Gasteiger partial charge in [0, 0.05) is 24.8 Å². The zero-order chi connectivity index (χ0) is 17.4. The molecule has 0 heterocycles. The Kier molecular flexibility index (Phi) is 6.59. The number of rotatable bonds is 6. The standard InChI is InChI=1S/C21H20ClNO/c1-23(2)20-13-10-17(11-14-20)12-15-21(24)9-4-3-6-18-7-5-8-19(22)16-18/h3-16H,1-2H3/b6-3+,9-4+,15-12+.